The Labute approximate surface area is 120 Å². The summed E-state index contributed by atoms with van der Waals surface area (Å²) in [7, 11) is 0. The lowest BCUT2D eigenvalue weighted by Crippen LogP contribution is -2.32. The van der Waals surface area contributed by atoms with Crippen molar-refractivity contribution in [3.63, 3.8) is 0 Å². The molecule has 2 unspecified atom stereocenters. The molecule has 2 N–H and O–H groups in total. The molecule has 2 atom stereocenters. The van der Waals surface area contributed by atoms with E-state index in [0.29, 0.717) is 0 Å². The lowest BCUT2D eigenvalue weighted by atomic mass is 9.78. The van der Waals surface area contributed by atoms with Crippen molar-refractivity contribution in [2.75, 3.05) is 6.54 Å². The second-order valence-electron chi connectivity index (χ2n) is 6.42. The van der Waals surface area contributed by atoms with Crippen LogP contribution in [-0.4, -0.2) is 16.3 Å². The predicted octanol–water partition coefficient (Wildman–Crippen LogP) is 3.04. The molecule has 0 radical (unpaired) electrons. The van der Waals surface area contributed by atoms with Gasteiger partial charge in [-0.15, -0.1) is 0 Å². The van der Waals surface area contributed by atoms with Crippen LogP contribution in [0.5, 0.6) is 0 Å². The molecular weight excluding hydrogens is 258 g/mol. The molecule has 4 heteroatoms. The van der Waals surface area contributed by atoms with Crippen LogP contribution in [0.15, 0.2) is 0 Å². The summed E-state index contributed by atoms with van der Waals surface area (Å²) < 4.78 is 2.09. The Hall–Kier alpha value is -0.540. The zero-order valence-corrected chi connectivity index (χ0v) is 12.7. The standard InChI is InChI=1S/C15H24ClN3/c1-3-12-14(16)13(19(4-2)18-12)8-15(9-17)6-10-5-11(10)7-15/h10-11H,3-9,17H2,1-2H3. The number of hydrogen-bond acceptors (Lipinski definition) is 2. The van der Waals surface area contributed by atoms with E-state index in [-0.39, 0.29) is 5.41 Å². The van der Waals surface area contributed by atoms with Gasteiger partial charge in [0.05, 0.1) is 16.4 Å². The highest BCUT2D eigenvalue weighted by atomic mass is 35.5. The monoisotopic (exact) mass is 281 g/mol. The third-order valence-electron chi connectivity index (χ3n) is 5.13. The molecule has 2 fully saturated rings. The van der Waals surface area contributed by atoms with Gasteiger partial charge in [-0.2, -0.15) is 5.10 Å². The molecule has 0 spiro atoms. The molecule has 0 bridgehead atoms. The van der Waals surface area contributed by atoms with Crippen LogP contribution in [0.4, 0.5) is 0 Å². The maximum atomic E-state index is 6.53. The summed E-state index contributed by atoms with van der Waals surface area (Å²) in [6, 6.07) is 0. The van der Waals surface area contributed by atoms with E-state index in [9.17, 15) is 0 Å². The van der Waals surface area contributed by atoms with E-state index in [2.05, 4.69) is 23.6 Å². The summed E-state index contributed by atoms with van der Waals surface area (Å²) >= 11 is 6.53. The third kappa shape index (κ3) is 2.21. The van der Waals surface area contributed by atoms with Gasteiger partial charge >= 0.3 is 0 Å². The SMILES string of the molecule is CCc1nn(CC)c(CC2(CN)CC3CC3C2)c1Cl. The maximum absolute atomic E-state index is 6.53. The van der Waals surface area contributed by atoms with Gasteiger partial charge in [0.2, 0.25) is 0 Å². The molecule has 2 aliphatic carbocycles. The summed E-state index contributed by atoms with van der Waals surface area (Å²) in [5.41, 5.74) is 8.65. The molecule has 0 amide bonds. The first-order valence-electron chi connectivity index (χ1n) is 7.56. The summed E-state index contributed by atoms with van der Waals surface area (Å²) in [6.07, 6.45) is 5.93. The highest BCUT2D eigenvalue weighted by molar-refractivity contribution is 6.31. The van der Waals surface area contributed by atoms with E-state index in [4.69, 9.17) is 17.3 Å². The van der Waals surface area contributed by atoms with Crippen molar-refractivity contribution in [1.29, 1.82) is 0 Å². The van der Waals surface area contributed by atoms with Crippen molar-refractivity contribution in [2.45, 2.75) is 52.5 Å². The molecule has 1 heterocycles. The zero-order chi connectivity index (χ0) is 13.6. The Kier molecular flexibility index (Phi) is 3.38. The predicted molar refractivity (Wildman–Crippen MR) is 78.3 cm³/mol. The third-order valence-corrected chi connectivity index (χ3v) is 5.57. The quantitative estimate of drug-likeness (QED) is 0.901. The van der Waals surface area contributed by atoms with E-state index in [1.165, 1.54) is 25.0 Å². The second-order valence-corrected chi connectivity index (χ2v) is 6.80. The topological polar surface area (TPSA) is 43.8 Å². The fourth-order valence-corrected chi connectivity index (χ4v) is 4.27. The number of halogens is 1. The van der Waals surface area contributed by atoms with E-state index in [1.54, 1.807) is 0 Å². The maximum Gasteiger partial charge on any atom is 0.0850 e. The van der Waals surface area contributed by atoms with Crippen molar-refractivity contribution in [3.8, 4) is 0 Å². The van der Waals surface area contributed by atoms with E-state index in [0.717, 1.165) is 48.5 Å². The average Bonchev–Trinajstić information content (AvgIpc) is 2.92. The fraction of sp³-hybridized carbons (Fsp3) is 0.800. The molecule has 2 saturated carbocycles. The van der Waals surface area contributed by atoms with Gasteiger partial charge in [0, 0.05) is 6.54 Å². The molecule has 1 aromatic heterocycles. The molecule has 0 saturated heterocycles. The van der Waals surface area contributed by atoms with Crippen LogP contribution in [0.2, 0.25) is 5.02 Å². The van der Waals surface area contributed by atoms with Gasteiger partial charge < -0.3 is 5.73 Å². The second kappa shape index (κ2) is 4.78. The summed E-state index contributed by atoms with van der Waals surface area (Å²) in [6.45, 7) is 5.92. The van der Waals surface area contributed by atoms with Gasteiger partial charge in [-0.05, 0) is 62.8 Å². The molecule has 19 heavy (non-hydrogen) atoms. The molecule has 1 aromatic rings. The normalized spacial score (nSPS) is 32.6. The summed E-state index contributed by atoms with van der Waals surface area (Å²) in [4.78, 5) is 0. The first kappa shape index (κ1) is 13.4. The largest absolute Gasteiger partial charge is 0.330 e. The minimum Gasteiger partial charge on any atom is -0.330 e. The van der Waals surface area contributed by atoms with Gasteiger partial charge in [-0.3, -0.25) is 4.68 Å². The van der Waals surface area contributed by atoms with Crippen molar-refractivity contribution in [1.82, 2.24) is 9.78 Å². The highest BCUT2D eigenvalue weighted by Gasteiger charge is 2.53. The molecule has 3 rings (SSSR count). The minimum absolute atomic E-state index is 0.287. The Morgan fingerprint density at radius 2 is 2.05 bits per heavy atom. The number of hydrogen-bond donors (Lipinski definition) is 1. The molecule has 2 aliphatic rings. The first-order chi connectivity index (χ1) is 9.12. The zero-order valence-electron chi connectivity index (χ0n) is 12.0. The lowest BCUT2D eigenvalue weighted by Gasteiger charge is -2.29. The first-order valence-corrected chi connectivity index (χ1v) is 7.94. The van der Waals surface area contributed by atoms with Crippen molar-refractivity contribution >= 4 is 11.6 Å². The fourth-order valence-electron chi connectivity index (χ4n) is 3.93. The minimum atomic E-state index is 0.287. The van der Waals surface area contributed by atoms with Crippen LogP contribution in [0, 0.1) is 17.3 Å². The Balaban J connectivity index is 1.87. The van der Waals surface area contributed by atoms with Crippen molar-refractivity contribution < 1.29 is 0 Å². The van der Waals surface area contributed by atoms with E-state index < -0.39 is 0 Å². The average molecular weight is 282 g/mol. The van der Waals surface area contributed by atoms with E-state index in [1.807, 2.05) is 0 Å². The summed E-state index contributed by atoms with van der Waals surface area (Å²) in [5.74, 6) is 1.90. The van der Waals surface area contributed by atoms with Crippen LogP contribution in [0.25, 0.3) is 0 Å². The number of aromatic nitrogens is 2. The molecule has 0 aliphatic heterocycles. The number of nitrogens with two attached hydrogens (primary N) is 1. The number of fused-ring (bicyclic) bond motifs is 1. The van der Waals surface area contributed by atoms with Crippen LogP contribution < -0.4 is 5.73 Å². The van der Waals surface area contributed by atoms with Crippen LogP contribution in [-0.2, 0) is 19.4 Å². The van der Waals surface area contributed by atoms with Crippen molar-refractivity contribution in [2.24, 2.45) is 23.0 Å². The van der Waals surface area contributed by atoms with Crippen LogP contribution in [0.3, 0.4) is 0 Å². The highest BCUT2D eigenvalue weighted by Crippen LogP contribution is 2.60. The van der Waals surface area contributed by atoms with Gasteiger partial charge in [-0.25, -0.2) is 0 Å². The van der Waals surface area contributed by atoms with Gasteiger partial charge in [0.1, 0.15) is 0 Å². The Morgan fingerprint density at radius 1 is 1.37 bits per heavy atom. The molecule has 106 valence electrons. The molecular formula is C15H24ClN3. The summed E-state index contributed by atoms with van der Waals surface area (Å²) in [5, 5.41) is 5.52. The van der Waals surface area contributed by atoms with E-state index >= 15 is 0 Å². The van der Waals surface area contributed by atoms with Gasteiger partial charge in [-0.1, -0.05) is 18.5 Å². The lowest BCUT2D eigenvalue weighted by molar-refractivity contribution is 0.266. The Morgan fingerprint density at radius 3 is 2.58 bits per heavy atom. The number of aryl methyl sites for hydroxylation is 2. The van der Waals surface area contributed by atoms with Crippen LogP contribution >= 0.6 is 11.6 Å². The molecule has 0 aromatic carbocycles. The van der Waals surface area contributed by atoms with Crippen LogP contribution in [0.1, 0.15) is 44.5 Å². The number of rotatable bonds is 5. The van der Waals surface area contributed by atoms with Crippen molar-refractivity contribution in [3.05, 3.63) is 16.4 Å². The smallest absolute Gasteiger partial charge is 0.0850 e. The molecule has 3 nitrogen and oxygen atoms in total. The van der Waals surface area contributed by atoms with Gasteiger partial charge in [0.25, 0.3) is 0 Å². The number of nitrogens with zero attached hydrogens (tertiary/aromatic N) is 2. The Bertz CT molecular complexity index is 470. The van der Waals surface area contributed by atoms with Gasteiger partial charge in [0.15, 0.2) is 0 Å².